The topological polar surface area (TPSA) is 76.2 Å². The second kappa shape index (κ2) is 7.71. The molecule has 2 N–H and O–H groups in total. The van der Waals surface area contributed by atoms with Gasteiger partial charge in [0.15, 0.2) is 11.5 Å². The summed E-state index contributed by atoms with van der Waals surface area (Å²) >= 11 is 0. The van der Waals surface area contributed by atoms with E-state index in [1.807, 2.05) is 60.7 Å². The van der Waals surface area contributed by atoms with Crippen LogP contribution in [0.4, 0.5) is 5.69 Å². The molecule has 0 fully saturated rings. The molecule has 5 rings (SSSR count). The molecule has 0 saturated carbocycles. The van der Waals surface area contributed by atoms with E-state index in [2.05, 4.69) is 31.1 Å². The van der Waals surface area contributed by atoms with Gasteiger partial charge in [0.2, 0.25) is 0 Å². The number of ether oxygens (including phenoxy) is 2. The number of imidazole rings is 1. The molecule has 6 nitrogen and oxygen atoms in total. The first-order chi connectivity index (χ1) is 15.4. The van der Waals surface area contributed by atoms with Gasteiger partial charge in [-0.2, -0.15) is 0 Å². The minimum atomic E-state index is -0.144. The van der Waals surface area contributed by atoms with E-state index in [-0.39, 0.29) is 11.3 Å². The van der Waals surface area contributed by atoms with Crippen LogP contribution in [0.3, 0.4) is 0 Å². The predicted octanol–water partition coefficient (Wildman–Crippen LogP) is 5.55. The Balaban J connectivity index is 1.38. The Labute approximate surface area is 186 Å². The molecule has 3 aromatic carbocycles. The highest BCUT2D eigenvalue weighted by molar-refractivity contribution is 6.04. The SMILES string of the molecule is CC(C)(C)c1ccc(C(=O)Nc2cccc(-c3nc4cc5c(cc4[nH]3)OCCO5)c2)cc1. The van der Waals surface area contributed by atoms with Crippen LogP contribution in [0.15, 0.2) is 60.7 Å². The van der Waals surface area contributed by atoms with Crippen LogP contribution in [-0.4, -0.2) is 29.1 Å². The Morgan fingerprint density at radius 2 is 1.69 bits per heavy atom. The monoisotopic (exact) mass is 427 g/mol. The fraction of sp³-hybridized carbons (Fsp3) is 0.231. The summed E-state index contributed by atoms with van der Waals surface area (Å²) < 4.78 is 11.3. The number of nitrogens with one attached hydrogen (secondary N) is 2. The second-order valence-electron chi connectivity index (χ2n) is 8.96. The zero-order chi connectivity index (χ0) is 22.3. The number of carbonyl (C=O) groups excluding carboxylic acids is 1. The summed E-state index contributed by atoms with van der Waals surface area (Å²) in [4.78, 5) is 20.8. The number of fused-ring (bicyclic) bond motifs is 2. The highest BCUT2D eigenvalue weighted by Crippen LogP contribution is 2.35. The van der Waals surface area contributed by atoms with Gasteiger partial charge in [0.05, 0.1) is 11.0 Å². The van der Waals surface area contributed by atoms with E-state index in [0.29, 0.717) is 36.0 Å². The number of anilines is 1. The minimum absolute atomic E-state index is 0.0491. The van der Waals surface area contributed by atoms with E-state index in [0.717, 1.165) is 22.3 Å². The van der Waals surface area contributed by atoms with E-state index < -0.39 is 0 Å². The molecule has 1 aromatic heterocycles. The Morgan fingerprint density at radius 3 is 2.41 bits per heavy atom. The average Bonchev–Trinajstić information content (AvgIpc) is 3.20. The molecule has 0 unspecified atom stereocenters. The smallest absolute Gasteiger partial charge is 0.255 e. The molecular weight excluding hydrogens is 402 g/mol. The lowest BCUT2D eigenvalue weighted by Crippen LogP contribution is -2.15. The fourth-order valence-electron chi connectivity index (χ4n) is 3.75. The van der Waals surface area contributed by atoms with Gasteiger partial charge in [0.25, 0.3) is 5.91 Å². The number of amides is 1. The highest BCUT2D eigenvalue weighted by atomic mass is 16.6. The van der Waals surface area contributed by atoms with Gasteiger partial charge in [-0.15, -0.1) is 0 Å². The van der Waals surface area contributed by atoms with Crippen molar-refractivity contribution in [3.63, 3.8) is 0 Å². The van der Waals surface area contributed by atoms with Crippen molar-refractivity contribution in [1.82, 2.24) is 9.97 Å². The van der Waals surface area contributed by atoms with Crippen molar-refractivity contribution in [2.24, 2.45) is 0 Å². The number of rotatable bonds is 3. The first-order valence-corrected chi connectivity index (χ1v) is 10.7. The largest absolute Gasteiger partial charge is 0.486 e. The number of hydrogen-bond donors (Lipinski definition) is 2. The molecule has 0 radical (unpaired) electrons. The number of carbonyl (C=O) groups is 1. The van der Waals surface area contributed by atoms with Gasteiger partial charge < -0.3 is 19.8 Å². The van der Waals surface area contributed by atoms with Crippen LogP contribution in [-0.2, 0) is 5.41 Å². The Kier molecular flexibility index (Phi) is 4.85. The third-order valence-corrected chi connectivity index (χ3v) is 5.55. The number of hydrogen-bond acceptors (Lipinski definition) is 4. The summed E-state index contributed by atoms with van der Waals surface area (Å²) in [7, 11) is 0. The lowest BCUT2D eigenvalue weighted by atomic mass is 9.87. The standard InChI is InChI=1S/C26H25N3O3/c1-26(2,3)18-9-7-16(8-10-18)25(30)27-19-6-4-5-17(13-19)24-28-20-14-22-23(15-21(20)29-24)32-12-11-31-22/h4-10,13-15H,11-12H2,1-3H3,(H,27,30)(H,28,29). The highest BCUT2D eigenvalue weighted by Gasteiger charge is 2.17. The molecule has 0 aliphatic carbocycles. The molecule has 4 aromatic rings. The van der Waals surface area contributed by atoms with E-state index >= 15 is 0 Å². The van der Waals surface area contributed by atoms with Crippen LogP contribution in [0.25, 0.3) is 22.4 Å². The quantitative estimate of drug-likeness (QED) is 0.449. The van der Waals surface area contributed by atoms with Gasteiger partial charge in [0.1, 0.15) is 19.0 Å². The third kappa shape index (κ3) is 3.91. The van der Waals surface area contributed by atoms with Gasteiger partial charge in [-0.3, -0.25) is 4.79 Å². The van der Waals surface area contributed by atoms with Gasteiger partial charge >= 0.3 is 0 Å². The van der Waals surface area contributed by atoms with Crippen molar-refractivity contribution >= 4 is 22.6 Å². The van der Waals surface area contributed by atoms with Crippen molar-refractivity contribution in [3.8, 4) is 22.9 Å². The molecule has 0 saturated heterocycles. The second-order valence-corrected chi connectivity index (χ2v) is 8.96. The van der Waals surface area contributed by atoms with Crippen molar-refractivity contribution in [2.75, 3.05) is 18.5 Å². The maximum atomic E-state index is 12.7. The lowest BCUT2D eigenvalue weighted by molar-refractivity contribution is 0.102. The zero-order valence-electron chi connectivity index (χ0n) is 18.4. The molecule has 0 atom stereocenters. The zero-order valence-corrected chi connectivity index (χ0v) is 18.4. The molecule has 1 aliphatic heterocycles. The van der Waals surface area contributed by atoms with E-state index in [1.165, 1.54) is 5.56 Å². The average molecular weight is 428 g/mol. The molecule has 32 heavy (non-hydrogen) atoms. The van der Waals surface area contributed by atoms with Gasteiger partial charge in [-0.1, -0.05) is 45.0 Å². The normalized spacial score (nSPS) is 13.2. The van der Waals surface area contributed by atoms with Crippen LogP contribution >= 0.6 is 0 Å². The van der Waals surface area contributed by atoms with Crippen LogP contribution in [0.5, 0.6) is 11.5 Å². The van der Waals surface area contributed by atoms with E-state index in [1.54, 1.807) is 0 Å². The Bertz CT molecular complexity index is 1260. The summed E-state index contributed by atoms with van der Waals surface area (Å²) in [6, 6.07) is 19.2. The van der Waals surface area contributed by atoms with Crippen molar-refractivity contribution in [3.05, 3.63) is 71.8 Å². The first kappa shape index (κ1) is 20.1. The molecule has 6 heteroatoms. The molecule has 0 bridgehead atoms. The number of aromatic amines is 1. The van der Waals surface area contributed by atoms with Gasteiger partial charge in [-0.05, 0) is 35.2 Å². The first-order valence-electron chi connectivity index (χ1n) is 10.7. The molecule has 0 spiro atoms. The number of H-pyrrole nitrogens is 1. The summed E-state index contributed by atoms with van der Waals surface area (Å²) in [6.45, 7) is 7.54. The van der Waals surface area contributed by atoms with Crippen molar-refractivity contribution in [2.45, 2.75) is 26.2 Å². The number of benzene rings is 3. The van der Waals surface area contributed by atoms with Crippen LogP contribution < -0.4 is 14.8 Å². The molecule has 162 valence electrons. The van der Waals surface area contributed by atoms with Gasteiger partial charge in [-0.25, -0.2) is 4.98 Å². The molecule has 1 aliphatic rings. The van der Waals surface area contributed by atoms with Crippen molar-refractivity contribution < 1.29 is 14.3 Å². The Hall–Kier alpha value is -3.80. The maximum absolute atomic E-state index is 12.7. The van der Waals surface area contributed by atoms with Crippen LogP contribution in [0, 0.1) is 0 Å². The summed E-state index contributed by atoms with van der Waals surface area (Å²) in [5.41, 5.74) is 5.13. The molecule has 1 amide bonds. The fourth-order valence-corrected chi connectivity index (χ4v) is 3.75. The summed E-state index contributed by atoms with van der Waals surface area (Å²) in [5, 5.41) is 2.98. The van der Waals surface area contributed by atoms with E-state index in [9.17, 15) is 4.79 Å². The predicted molar refractivity (Wildman–Crippen MR) is 126 cm³/mol. The van der Waals surface area contributed by atoms with Gasteiger partial charge in [0, 0.05) is 28.9 Å². The summed E-state index contributed by atoms with van der Waals surface area (Å²) in [6.07, 6.45) is 0. The van der Waals surface area contributed by atoms with Crippen LogP contribution in [0.1, 0.15) is 36.7 Å². The molecular formula is C26H25N3O3. The summed E-state index contributed by atoms with van der Waals surface area (Å²) in [5.74, 6) is 2.00. The van der Waals surface area contributed by atoms with E-state index in [4.69, 9.17) is 14.5 Å². The maximum Gasteiger partial charge on any atom is 0.255 e. The minimum Gasteiger partial charge on any atom is -0.486 e. The number of nitrogens with zero attached hydrogens (tertiary/aromatic N) is 1. The lowest BCUT2D eigenvalue weighted by Gasteiger charge is -2.19. The Morgan fingerprint density at radius 1 is 0.969 bits per heavy atom. The third-order valence-electron chi connectivity index (χ3n) is 5.55. The number of aromatic nitrogens is 2. The van der Waals surface area contributed by atoms with Crippen LogP contribution in [0.2, 0.25) is 0 Å². The van der Waals surface area contributed by atoms with Crippen molar-refractivity contribution in [1.29, 1.82) is 0 Å². The molecule has 2 heterocycles.